The molecule has 70 valence electrons. The van der Waals surface area contributed by atoms with Crippen molar-refractivity contribution in [3.05, 3.63) is 0 Å². The van der Waals surface area contributed by atoms with Crippen LogP contribution in [0.1, 0.15) is 12.8 Å². The van der Waals surface area contributed by atoms with Gasteiger partial charge in [0.2, 0.25) is 5.91 Å². The van der Waals surface area contributed by atoms with Crippen molar-refractivity contribution in [3.8, 4) is 0 Å². The molecule has 0 aromatic heterocycles. The van der Waals surface area contributed by atoms with Crippen molar-refractivity contribution in [2.45, 2.75) is 12.8 Å². The molecule has 1 amide bonds. The van der Waals surface area contributed by atoms with Crippen molar-refractivity contribution in [3.63, 3.8) is 0 Å². The molecule has 0 aromatic rings. The first-order chi connectivity index (χ1) is 5.74. The van der Waals surface area contributed by atoms with E-state index in [2.05, 4.69) is 4.90 Å². The summed E-state index contributed by atoms with van der Waals surface area (Å²) in [5.41, 5.74) is 10.7. The Labute approximate surface area is 72.9 Å². The van der Waals surface area contributed by atoms with Gasteiger partial charge in [0.05, 0.1) is 5.92 Å². The van der Waals surface area contributed by atoms with Gasteiger partial charge in [-0.1, -0.05) is 0 Å². The second-order valence-electron chi connectivity index (χ2n) is 3.33. The molecule has 1 fully saturated rings. The average molecular weight is 171 g/mol. The minimum absolute atomic E-state index is 0.0466. The van der Waals surface area contributed by atoms with Gasteiger partial charge >= 0.3 is 0 Å². The fourth-order valence-electron chi connectivity index (χ4n) is 1.67. The molecular formula is C8H17N3O. The van der Waals surface area contributed by atoms with Gasteiger partial charge in [0.15, 0.2) is 0 Å². The molecule has 1 aliphatic heterocycles. The van der Waals surface area contributed by atoms with E-state index in [0.29, 0.717) is 6.54 Å². The third kappa shape index (κ3) is 2.46. The molecule has 1 aliphatic rings. The van der Waals surface area contributed by atoms with Crippen molar-refractivity contribution >= 4 is 5.91 Å². The Kier molecular flexibility index (Phi) is 3.49. The van der Waals surface area contributed by atoms with Crippen LogP contribution in [0.25, 0.3) is 0 Å². The molecule has 1 rings (SSSR count). The number of piperidine rings is 1. The van der Waals surface area contributed by atoms with E-state index in [0.717, 1.165) is 32.5 Å². The second-order valence-corrected chi connectivity index (χ2v) is 3.33. The summed E-state index contributed by atoms with van der Waals surface area (Å²) >= 11 is 0. The van der Waals surface area contributed by atoms with Crippen LogP contribution >= 0.6 is 0 Å². The molecule has 0 aromatic carbocycles. The SMILES string of the molecule is NCCN1CCC[C@@H](C(N)=O)C1. The van der Waals surface area contributed by atoms with Crippen LogP contribution in [0.5, 0.6) is 0 Å². The molecule has 0 bridgehead atoms. The van der Waals surface area contributed by atoms with E-state index in [9.17, 15) is 4.79 Å². The van der Waals surface area contributed by atoms with Crippen molar-refractivity contribution in [2.75, 3.05) is 26.2 Å². The van der Waals surface area contributed by atoms with Gasteiger partial charge in [0.1, 0.15) is 0 Å². The number of nitrogens with two attached hydrogens (primary N) is 2. The lowest BCUT2D eigenvalue weighted by Gasteiger charge is -2.30. The highest BCUT2D eigenvalue weighted by atomic mass is 16.1. The van der Waals surface area contributed by atoms with Crippen molar-refractivity contribution in [1.29, 1.82) is 0 Å². The molecule has 4 N–H and O–H groups in total. The van der Waals surface area contributed by atoms with Crippen LogP contribution in [-0.2, 0) is 4.79 Å². The quantitative estimate of drug-likeness (QED) is 0.580. The highest BCUT2D eigenvalue weighted by Gasteiger charge is 2.22. The van der Waals surface area contributed by atoms with E-state index in [4.69, 9.17) is 11.5 Å². The monoisotopic (exact) mass is 171 g/mol. The fourth-order valence-corrected chi connectivity index (χ4v) is 1.67. The standard InChI is InChI=1S/C8H17N3O/c9-3-5-11-4-1-2-7(6-11)8(10)12/h7H,1-6,9H2,(H2,10,12)/t7-/m1/s1. The minimum atomic E-state index is -0.170. The van der Waals surface area contributed by atoms with Crippen molar-refractivity contribution in [1.82, 2.24) is 4.90 Å². The third-order valence-electron chi connectivity index (χ3n) is 2.35. The lowest BCUT2D eigenvalue weighted by atomic mass is 9.98. The van der Waals surface area contributed by atoms with Gasteiger partial charge in [-0.2, -0.15) is 0 Å². The summed E-state index contributed by atoms with van der Waals surface area (Å²) in [7, 11) is 0. The van der Waals surface area contributed by atoms with Crippen LogP contribution in [0.3, 0.4) is 0 Å². The van der Waals surface area contributed by atoms with Gasteiger partial charge in [0.25, 0.3) is 0 Å². The Balaban J connectivity index is 2.35. The van der Waals surface area contributed by atoms with Crippen LogP contribution in [0.15, 0.2) is 0 Å². The van der Waals surface area contributed by atoms with Gasteiger partial charge in [0, 0.05) is 19.6 Å². The average Bonchev–Trinajstić information content (AvgIpc) is 2.05. The van der Waals surface area contributed by atoms with Gasteiger partial charge in [-0.05, 0) is 19.4 Å². The predicted molar refractivity (Wildman–Crippen MR) is 47.4 cm³/mol. The molecule has 0 aliphatic carbocycles. The zero-order valence-corrected chi connectivity index (χ0v) is 7.33. The first kappa shape index (κ1) is 9.48. The molecule has 4 nitrogen and oxygen atoms in total. The summed E-state index contributed by atoms with van der Waals surface area (Å²) in [5.74, 6) is -0.123. The van der Waals surface area contributed by atoms with Gasteiger partial charge in [-0.3, -0.25) is 4.79 Å². The number of carbonyl (C=O) groups is 1. The summed E-state index contributed by atoms with van der Waals surface area (Å²) in [6, 6.07) is 0. The van der Waals surface area contributed by atoms with Crippen LogP contribution < -0.4 is 11.5 Å². The van der Waals surface area contributed by atoms with Crippen molar-refractivity contribution in [2.24, 2.45) is 17.4 Å². The largest absolute Gasteiger partial charge is 0.369 e. The van der Waals surface area contributed by atoms with E-state index in [1.807, 2.05) is 0 Å². The first-order valence-electron chi connectivity index (χ1n) is 4.45. The lowest BCUT2D eigenvalue weighted by molar-refractivity contribution is -0.123. The molecule has 12 heavy (non-hydrogen) atoms. The highest BCUT2D eigenvalue weighted by molar-refractivity contribution is 5.76. The number of amides is 1. The number of hydrogen-bond donors (Lipinski definition) is 2. The maximum absolute atomic E-state index is 10.9. The number of rotatable bonds is 3. The first-order valence-corrected chi connectivity index (χ1v) is 4.45. The minimum Gasteiger partial charge on any atom is -0.369 e. The topological polar surface area (TPSA) is 72.3 Å². The Morgan fingerprint density at radius 2 is 2.33 bits per heavy atom. The van der Waals surface area contributed by atoms with E-state index in [-0.39, 0.29) is 11.8 Å². The number of carbonyl (C=O) groups excluding carboxylic acids is 1. The lowest BCUT2D eigenvalue weighted by Crippen LogP contribution is -2.42. The normalized spacial score (nSPS) is 25.6. The summed E-state index contributed by atoms with van der Waals surface area (Å²) in [5, 5.41) is 0. The summed E-state index contributed by atoms with van der Waals surface area (Å²) < 4.78 is 0. The Bertz CT molecular complexity index is 158. The Hall–Kier alpha value is -0.610. The highest BCUT2D eigenvalue weighted by Crippen LogP contribution is 2.14. The van der Waals surface area contributed by atoms with Crippen LogP contribution in [0, 0.1) is 5.92 Å². The second kappa shape index (κ2) is 4.42. The van der Waals surface area contributed by atoms with Crippen LogP contribution in [0.4, 0.5) is 0 Å². The number of hydrogen-bond acceptors (Lipinski definition) is 3. The zero-order valence-electron chi connectivity index (χ0n) is 7.33. The number of primary amides is 1. The van der Waals surface area contributed by atoms with E-state index in [1.165, 1.54) is 0 Å². The maximum atomic E-state index is 10.9. The van der Waals surface area contributed by atoms with E-state index in [1.54, 1.807) is 0 Å². The van der Waals surface area contributed by atoms with Crippen LogP contribution in [-0.4, -0.2) is 37.0 Å². The van der Waals surface area contributed by atoms with Gasteiger partial charge < -0.3 is 16.4 Å². The molecule has 0 spiro atoms. The van der Waals surface area contributed by atoms with Crippen molar-refractivity contribution < 1.29 is 4.79 Å². The summed E-state index contributed by atoms with van der Waals surface area (Å²) in [6.45, 7) is 3.39. The molecule has 1 saturated heterocycles. The van der Waals surface area contributed by atoms with E-state index >= 15 is 0 Å². The molecule has 0 radical (unpaired) electrons. The molecule has 4 heteroatoms. The molecule has 0 saturated carbocycles. The Morgan fingerprint density at radius 1 is 1.58 bits per heavy atom. The number of nitrogens with zero attached hydrogens (tertiary/aromatic N) is 1. The van der Waals surface area contributed by atoms with Gasteiger partial charge in [-0.25, -0.2) is 0 Å². The Morgan fingerprint density at radius 3 is 2.92 bits per heavy atom. The number of likely N-dealkylation sites (tertiary alicyclic amines) is 1. The maximum Gasteiger partial charge on any atom is 0.221 e. The molecule has 1 heterocycles. The smallest absolute Gasteiger partial charge is 0.221 e. The summed E-state index contributed by atoms with van der Waals surface area (Å²) in [6.07, 6.45) is 2.00. The fraction of sp³-hybridized carbons (Fsp3) is 0.875. The van der Waals surface area contributed by atoms with Crippen LogP contribution in [0.2, 0.25) is 0 Å². The molecule has 1 atom stereocenters. The molecular weight excluding hydrogens is 154 g/mol. The summed E-state index contributed by atoms with van der Waals surface area (Å²) in [4.78, 5) is 13.1. The van der Waals surface area contributed by atoms with E-state index < -0.39 is 0 Å². The predicted octanol–water partition coefficient (Wildman–Crippen LogP) is -0.858. The zero-order chi connectivity index (χ0) is 8.97. The molecule has 0 unspecified atom stereocenters. The van der Waals surface area contributed by atoms with Gasteiger partial charge in [-0.15, -0.1) is 0 Å². The third-order valence-corrected chi connectivity index (χ3v) is 2.35.